The second kappa shape index (κ2) is 6.68. The van der Waals surface area contributed by atoms with E-state index in [1.165, 1.54) is 5.56 Å². The van der Waals surface area contributed by atoms with Crippen molar-refractivity contribution in [2.45, 2.75) is 26.4 Å². The maximum Gasteiger partial charge on any atom is 0.158 e. The van der Waals surface area contributed by atoms with E-state index in [9.17, 15) is 0 Å². The number of ether oxygens (including phenoxy) is 1. The summed E-state index contributed by atoms with van der Waals surface area (Å²) in [5, 5.41) is 3.62. The molecule has 0 spiro atoms. The standard InChI is InChI=1S/C15H18ClN3O/c1-10(2)11-4-6-12(7-5-11)17-14-8-13(16)18-15(19-14)9-20-3/h4-8,10H,9H2,1-3H3,(H,17,18,19). The number of nitrogens with zero attached hydrogens (tertiary/aromatic N) is 2. The van der Waals surface area contributed by atoms with E-state index in [-0.39, 0.29) is 0 Å². The van der Waals surface area contributed by atoms with Crippen LogP contribution in [0.4, 0.5) is 11.5 Å². The summed E-state index contributed by atoms with van der Waals surface area (Å²) in [6.45, 7) is 4.68. The Morgan fingerprint density at radius 3 is 2.50 bits per heavy atom. The molecule has 4 nitrogen and oxygen atoms in total. The first-order valence-corrected chi connectivity index (χ1v) is 6.85. The Morgan fingerprint density at radius 2 is 1.90 bits per heavy atom. The normalized spacial score (nSPS) is 10.8. The van der Waals surface area contributed by atoms with Crippen molar-refractivity contribution in [3.8, 4) is 0 Å². The van der Waals surface area contributed by atoms with E-state index in [4.69, 9.17) is 16.3 Å². The van der Waals surface area contributed by atoms with Gasteiger partial charge >= 0.3 is 0 Å². The van der Waals surface area contributed by atoms with Crippen LogP contribution in [-0.4, -0.2) is 17.1 Å². The fraction of sp³-hybridized carbons (Fsp3) is 0.333. The molecule has 0 atom stereocenters. The van der Waals surface area contributed by atoms with Crippen molar-refractivity contribution < 1.29 is 4.74 Å². The number of hydrogen-bond donors (Lipinski definition) is 1. The lowest BCUT2D eigenvalue weighted by molar-refractivity contribution is 0.178. The third-order valence-corrected chi connectivity index (χ3v) is 3.06. The molecule has 2 rings (SSSR count). The predicted molar refractivity (Wildman–Crippen MR) is 81.6 cm³/mol. The van der Waals surface area contributed by atoms with Crippen LogP contribution < -0.4 is 5.32 Å². The number of rotatable bonds is 5. The first kappa shape index (κ1) is 14.8. The molecule has 106 valence electrons. The van der Waals surface area contributed by atoms with Gasteiger partial charge < -0.3 is 10.1 Å². The number of nitrogens with one attached hydrogen (secondary N) is 1. The third kappa shape index (κ3) is 3.92. The van der Waals surface area contributed by atoms with E-state index in [2.05, 4.69) is 41.3 Å². The fourth-order valence-corrected chi connectivity index (χ4v) is 2.02. The number of anilines is 2. The number of hydrogen-bond acceptors (Lipinski definition) is 4. The van der Waals surface area contributed by atoms with Crippen molar-refractivity contribution in [2.75, 3.05) is 12.4 Å². The fourth-order valence-electron chi connectivity index (χ4n) is 1.82. The van der Waals surface area contributed by atoms with E-state index in [0.717, 1.165) is 5.69 Å². The van der Waals surface area contributed by atoms with E-state index in [1.54, 1.807) is 13.2 Å². The van der Waals surface area contributed by atoms with Crippen LogP contribution in [0.25, 0.3) is 0 Å². The summed E-state index contributed by atoms with van der Waals surface area (Å²) in [7, 11) is 1.60. The second-order valence-corrected chi connectivity index (χ2v) is 5.21. The number of halogens is 1. The predicted octanol–water partition coefficient (Wildman–Crippen LogP) is 4.14. The van der Waals surface area contributed by atoms with Gasteiger partial charge in [-0.25, -0.2) is 9.97 Å². The first-order valence-electron chi connectivity index (χ1n) is 6.48. The van der Waals surface area contributed by atoms with Gasteiger partial charge in [-0.15, -0.1) is 0 Å². The van der Waals surface area contributed by atoms with Gasteiger partial charge in [-0.2, -0.15) is 0 Å². The van der Waals surface area contributed by atoms with E-state index in [1.807, 2.05) is 12.1 Å². The molecule has 0 aliphatic carbocycles. The summed E-state index contributed by atoms with van der Waals surface area (Å²) in [5.41, 5.74) is 2.27. The smallest absolute Gasteiger partial charge is 0.158 e. The molecule has 5 heteroatoms. The molecule has 1 aromatic carbocycles. The van der Waals surface area contributed by atoms with Crippen LogP contribution in [0, 0.1) is 0 Å². The number of aromatic nitrogens is 2. The zero-order valence-corrected chi connectivity index (χ0v) is 12.6. The zero-order valence-electron chi connectivity index (χ0n) is 11.9. The van der Waals surface area contributed by atoms with Crippen LogP contribution >= 0.6 is 11.6 Å². The average Bonchev–Trinajstić information content (AvgIpc) is 2.39. The molecule has 0 bridgehead atoms. The Labute approximate surface area is 124 Å². The van der Waals surface area contributed by atoms with Gasteiger partial charge in [-0.3, -0.25) is 0 Å². The van der Waals surface area contributed by atoms with Crippen molar-refractivity contribution in [3.63, 3.8) is 0 Å². The molecule has 0 unspecified atom stereocenters. The molecular formula is C15H18ClN3O. The lowest BCUT2D eigenvalue weighted by atomic mass is 10.0. The van der Waals surface area contributed by atoms with Crippen LogP contribution in [0.3, 0.4) is 0 Å². The van der Waals surface area contributed by atoms with E-state index in [0.29, 0.717) is 29.3 Å². The Balaban J connectivity index is 2.16. The summed E-state index contributed by atoms with van der Waals surface area (Å²) in [6, 6.07) is 9.96. The summed E-state index contributed by atoms with van der Waals surface area (Å²) in [4.78, 5) is 8.44. The Morgan fingerprint density at radius 1 is 1.20 bits per heavy atom. The minimum atomic E-state index is 0.335. The zero-order chi connectivity index (χ0) is 14.5. The molecule has 0 aliphatic heterocycles. The molecule has 1 heterocycles. The first-order chi connectivity index (χ1) is 9.58. The molecule has 0 amide bonds. The van der Waals surface area contributed by atoms with E-state index >= 15 is 0 Å². The highest BCUT2D eigenvalue weighted by molar-refractivity contribution is 6.29. The molecule has 20 heavy (non-hydrogen) atoms. The van der Waals surface area contributed by atoms with Gasteiger partial charge in [0.25, 0.3) is 0 Å². The molecule has 2 aromatic rings. The summed E-state index contributed by atoms with van der Waals surface area (Å²) in [6.07, 6.45) is 0. The van der Waals surface area contributed by atoms with Gasteiger partial charge in [-0.05, 0) is 23.6 Å². The minimum absolute atomic E-state index is 0.335. The van der Waals surface area contributed by atoms with Gasteiger partial charge in [0.2, 0.25) is 0 Å². The van der Waals surface area contributed by atoms with Crippen LogP contribution in [-0.2, 0) is 11.3 Å². The minimum Gasteiger partial charge on any atom is -0.377 e. The molecule has 0 saturated carbocycles. The molecular weight excluding hydrogens is 274 g/mol. The van der Waals surface area contributed by atoms with Gasteiger partial charge in [-0.1, -0.05) is 37.6 Å². The Hall–Kier alpha value is -1.65. The molecule has 0 fully saturated rings. The summed E-state index contributed by atoms with van der Waals surface area (Å²) < 4.78 is 5.02. The molecule has 1 aromatic heterocycles. The van der Waals surface area contributed by atoms with Gasteiger partial charge in [0.05, 0.1) is 0 Å². The quantitative estimate of drug-likeness (QED) is 0.841. The van der Waals surface area contributed by atoms with Crippen molar-refractivity contribution in [1.82, 2.24) is 9.97 Å². The summed E-state index contributed by atoms with van der Waals surface area (Å²) >= 11 is 5.97. The molecule has 0 saturated heterocycles. The monoisotopic (exact) mass is 291 g/mol. The topological polar surface area (TPSA) is 47.0 Å². The third-order valence-electron chi connectivity index (χ3n) is 2.86. The van der Waals surface area contributed by atoms with Crippen LogP contribution in [0.5, 0.6) is 0 Å². The number of methoxy groups -OCH3 is 1. The molecule has 1 N–H and O–H groups in total. The highest BCUT2D eigenvalue weighted by Crippen LogP contribution is 2.21. The number of benzene rings is 1. The van der Waals surface area contributed by atoms with Crippen molar-refractivity contribution in [2.24, 2.45) is 0 Å². The van der Waals surface area contributed by atoms with Gasteiger partial charge in [0, 0.05) is 18.9 Å². The molecule has 0 radical (unpaired) electrons. The van der Waals surface area contributed by atoms with Gasteiger partial charge in [0.1, 0.15) is 17.6 Å². The Kier molecular flexibility index (Phi) is 4.93. The van der Waals surface area contributed by atoms with Crippen LogP contribution in [0.2, 0.25) is 5.15 Å². The highest BCUT2D eigenvalue weighted by Gasteiger charge is 2.04. The van der Waals surface area contributed by atoms with Crippen LogP contribution in [0.15, 0.2) is 30.3 Å². The average molecular weight is 292 g/mol. The maximum absolute atomic E-state index is 5.97. The molecule has 0 aliphatic rings. The highest BCUT2D eigenvalue weighted by atomic mass is 35.5. The van der Waals surface area contributed by atoms with Crippen molar-refractivity contribution >= 4 is 23.1 Å². The maximum atomic E-state index is 5.97. The SMILES string of the molecule is COCc1nc(Cl)cc(Nc2ccc(C(C)C)cc2)n1. The lowest BCUT2D eigenvalue weighted by Gasteiger charge is -2.10. The Bertz CT molecular complexity index is 570. The lowest BCUT2D eigenvalue weighted by Crippen LogP contribution is -2.01. The summed E-state index contributed by atoms with van der Waals surface area (Å²) in [5.74, 6) is 1.74. The van der Waals surface area contributed by atoms with Crippen molar-refractivity contribution in [1.29, 1.82) is 0 Å². The van der Waals surface area contributed by atoms with Crippen LogP contribution in [0.1, 0.15) is 31.2 Å². The van der Waals surface area contributed by atoms with Crippen molar-refractivity contribution in [3.05, 3.63) is 46.9 Å². The largest absolute Gasteiger partial charge is 0.377 e. The van der Waals surface area contributed by atoms with E-state index < -0.39 is 0 Å². The van der Waals surface area contributed by atoms with Gasteiger partial charge in [0.15, 0.2) is 5.82 Å². The second-order valence-electron chi connectivity index (χ2n) is 4.83.